The largest absolute Gasteiger partial charge is 0.351 e. The van der Waals surface area contributed by atoms with Crippen molar-refractivity contribution in [3.63, 3.8) is 0 Å². The average molecular weight is 492 g/mol. The molecule has 4 rings (SSSR count). The van der Waals surface area contributed by atoms with Gasteiger partial charge in [-0.15, -0.1) is 0 Å². The fourth-order valence-electron chi connectivity index (χ4n) is 4.59. The third-order valence-corrected chi connectivity index (χ3v) is 6.85. The van der Waals surface area contributed by atoms with Crippen molar-refractivity contribution in [3.8, 4) is 0 Å². The minimum Gasteiger partial charge on any atom is -0.351 e. The van der Waals surface area contributed by atoms with Gasteiger partial charge in [0.2, 0.25) is 5.95 Å². The number of halogens is 1. The van der Waals surface area contributed by atoms with Gasteiger partial charge in [-0.05, 0) is 75.5 Å². The number of hydrogen-bond acceptors (Lipinski definition) is 5. The summed E-state index contributed by atoms with van der Waals surface area (Å²) in [7, 11) is 3.98. The first-order valence-corrected chi connectivity index (χ1v) is 12.7. The molecule has 1 atom stereocenters. The molecule has 1 aliphatic rings. The molecule has 3 aromatic rings. The summed E-state index contributed by atoms with van der Waals surface area (Å²) in [6.07, 6.45) is 5.31. The standard InChI is InChI=1S/C28H34ClN5O/c1-20-7-4-5-8-21(20)12-15-25-24(27(35)30-16-18-33(2)3)19-31-28(32-25)34-17-6-9-26(34)22-10-13-23(29)14-11-22/h4-5,7-8,10-11,13-14,19,26H,6,9,12,15-18H2,1-3H3,(H,30,35)/t26-/m0/s1. The van der Waals surface area contributed by atoms with Crippen LogP contribution in [0.4, 0.5) is 5.95 Å². The van der Waals surface area contributed by atoms with E-state index >= 15 is 0 Å². The second-order valence-electron chi connectivity index (χ2n) is 9.42. The van der Waals surface area contributed by atoms with E-state index in [1.54, 1.807) is 6.20 Å². The Hall–Kier alpha value is -2.96. The van der Waals surface area contributed by atoms with Gasteiger partial charge in [-0.2, -0.15) is 0 Å². The Morgan fingerprint density at radius 2 is 1.91 bits per heavy atom. The number of rotatable bonds is 9. The topological polar surface area (TPSA) is 61.4 Å². The van der Waals surface area contributed by atoms with Crippen molar-refractivity contribution in [2.75, 3.05) is 38.6 Å². The second-order valence-corrected chi connectivity index (χ2v) is 9.86. The summed E-state index contributed by atoms with van der Waals surface area (Å²) in [6.45, 7) is 4.37. The quantitative estimate of drug-likeness (QED) is 0.463. The maximum absolute atomic E-state index is 13.0. The molecule has 0 unspecified atom stereocenters. The van der Waals surface area contributed by atoms with Crippen molar-refractivity contribution in [3.05, 3.63) is 87.7 Å². The number of hydrogen-bond donors (Lipinski definition) is 1. The molecule has 1 aliphatic heterocycles. The van der Waals surface area contributed by atoms with Crippen LogP contribution in [0.25, 0.3) is 0 Å². The highest BCUT2D eigenvalue weighted by Gasteiger charge is 2.29. The lowest BCUT2D eigenvalue weighted by Gasteiger charge is -2.26. The molecule has 1 saturated heterocycles. The zero-order chi connectivity index (χ0) is 24.8. The molecule has 0 aliphatic carbocycles. The normalized spacial score (nSPS) is 15.6. The summed E-state index contributed by atoms with van der Waals surface area (Å²) < 4.78 is 0. The summed E-state index contributed by atoms with van der Waals surface area (Å²) in [6, 6.07) is 16.6. The number of aryl methyl sites for hydroxylation is 3. The van der Waals surface area contributed by atoms with Crippen LogP contribution in [-0.2, 0) is 12.8 Å². The van der Waals surface area contributed by atoms with E-state index in [0.29, 0.717) is 24.5 Å². The summed E-state index contributed by atoms with van der Waals surface area (Å²) in [5, 5.41) is 3.76. The third kappa shape index (κ3) is 6.38. The Bertz CT molecular complexity index is 1150. The molecule has 1 N–H and O–H groups in total. The molecule has 1 amide bonds. The zero-order valence-corrected chi connectivity index (χ0v) is 21.6. The van der Waals surface area contributed by atoms with Crippen LogP contribution in [0.5, 0.6) is 0 Å². The number of likely N-dealkylation sites (N-methyl/N-ethyl adjacent to an activating group) is 1. The van der Waals surface area contributed by atoms with Gasteiger partial charge >= 0.3 is 0 Å². The number of anilines is 1. The molecule has 0 radical (unpaired) electrons. The molecule has 1 aromatic heterocycles. The SMILES string of the molecule is Cc1ccccc1CCc1nc(N2CCC[C@H]2c2ccc(Cl)cc2)ncc1C(=O)NCCN(C)C. The van der Waals surface area contributed by atoms with Crippen LogP contribution in [0.15, 0.2) is 54.7 Å². The maximum atomic E-state index is 13.0. The highest BCUT2D eigenvalue weighted by atomic mass is 35.5. The van der Waals surface area contributed by atoms with Gasteiger partial charge in [-0.3, -0.25) is 4.79 Å². The van der Waals surface area contributed by atoms with Crippen LogP contribution < -0.4 is 10.2 Å². The van der Waals surface area contributed by atoms with E-state index in [9.17, 15) is 4.79 Å². The molecule has 7 heteroatoms. The molecular formula is C28H34ClN5O. The fraction of sp³-hybridized carbons (Fsp3) is 0.393. The number of carbonyl (C=O) groups is 1. The third-order valence-electron chi connectivity index (χ3n) is 6.60. The number of nitrogens with one attached hydrogen (secondary N) is 1. The van der Waals surface area contributed by atoms with Crippen LogP contribution >= 0.6 is 11.6 Å². The predicted octanol–water partition coefficient (Wildman–Crippen LogP) is 4.86. The monoisotopic (exact) mass is 491 g/mol. The van der Waals surface area contributed by atoms with Gasteiger partial charge in [0.25, 0.3) is 5.91 Å². The van der Waals surface area contributed by atoms with Crippen LogP contribution in [0.3, 0.4) is 0 Å². The van der Waals surface area contributed by atoms with Gasteiger partial charge in [0.1, 0.15) is 0 Å². The van der Waals surface area contributed by atoms with Gasteiger partial charge in [0.15, 0.2) is 0 Å². The molecule has 35 heavy (non-hydrogen) atoms. The van der Waals surface area contributed by atoms with E-state index in [2.05, 4.69) is 58.5 Å². The summed E-state index contributed by atoms with van der Waals surface area (Å²) in [5.74, 6) is 0.570. The lowest BCUT2D eigenvalue weighted by Crippen LogP contribution is -2.32. The lowest BCUT2D eigenvalue weighted by atomic mass is 10.0. The van der Waals surface area contributed by atoms with Crippen molar-refractivity contribution < 1.29 is 4.79 Å². The molecule has 0 bridgehead atoms. The fourth-order valence-corrected chi connectivity index (χ4v) is 4.72. The van der Waals surface area contributed by atoms with Crippen molar-refractivity contribution in [1.82, 2.24) is 20.2 Å². The van der Waals surface area contributed by atoms with E-state index < -0.39 is 0 Å². The summed E-state index contributed by atoms with van der Waals surface area (Å²) >= 11 is 6.11. The van der Waals surface area contributed by atoms with E-state index in [1.807, 2.05) is 31.1 Å². The zero-order valence-electron chi connectivity index (χ0n) is 20.8. The first-order valence-electron chi connectivity index (χ1n) is 12.3. The maximum Gasteiger partial charge on any atom is 0.254 e. The van der Waals surface area contributed by atoms with Gasteiger partial charge in [0, 0.05) is 30.9 Å². The highest BCUT2D eigenvalue weighted by molar-refractivity contribution is 6.30. The van der Waals surface area contributed by atoms with Crippen molar-refractivity contribution >= 4 is 23.5 Å². The molecule has 2 heterocycles. The van der Waals surface area contributed by atoms with E-state index in [-0.39, 0.29) is 11.9 Å². The van der Waals surface area contributed by atoms with Crippen molar-refractivity contribution in [1.29, 1.82) is 0 Å². The van der Waals surface area contributed by atoms with Crippen LogP contribution in [-0.4, -0.2) is 54.5 Å². The molecule has 0 saturated carbocycles. The molecule has 1 fully saturated rings. The minimum absolute atomic E-state index is 0.117. The number of carbonyl (C=O) groups excluding carboxylic acids is 1. The van der Waals surface area contributed by atoms with E-state index in [1.165, 1.54) is 16.7 Å². The number of aromatic nitrogens is 2. The van der Waals surface area contributed by atoms with Crippen LogP contribution in [0.1, 0.15) is 51.6 Å². The Balaban J connectivity index is 1.60. The molecular weight excluding hydrogens is 458 g/mol. The highest BCUT2D eigenvalue weighted by Crippen LogP contribution is 2.35. The van der Waals surface area contributed by atoms with E-state index in [4.69, 9.17) is 16.6 Å². The van der Waals surface area contributed by atoms with Gasteiger partial charge < -0.3 is 15.1 Å². The Morgan fingerprint density at radius 1 is 1.14 bits per heavy atom. The molecule has 184 valence electrons. The first kappa shape index (κ1) is 25.1. The van der Waals surface area contributed by atoms with Gasteiger partial charge in [-0.1, -0.05) is 48.0 Å². The minimum atomic E-state index is -0.117. The Labute approximate surface area is 213 Å². The smallest absolute Gasteiger partial charge is 0.254 e. The lowest BCUT2D eigenvalue weighted by molar-refractivity contribution is 0.0949. The average Bonchev–Trinajstić information content (AvgIpc) is 3.33. The second kappa shape index (κ2) is 11.6. The van der Waals surface area contributed by atoms with Crippen molar-refractivity contribution in [2.45, 2.75) is 38.6 Å². The molecule has 2 aromatic carbocycles. The first-order chi connectivity index (χ1) is 16.9. The summed E-state index contributed by atoms with van der Waals surface area (Å²) in [4.78, 5) is 27.0. The van der Waals surface area contributed by atoms with Gasteiger partial charge in [-0.25, -0.2) is 9.97 Å². The molecule has 6 nitrogen and oxygen atoms in total. The number of benzene rings is 2. The number of nitrogens with zero attached hydrogens (tertiary/aromatic N) is 4. The van der Waals surface area contributed by atoms with E-state index in [0.717, 1.165) is 43.1 Å². The molecule has 0 spiro atoms. The van der Waals surface area contributed by atoms with Gasteiger partial charge in [0.05, 0.1) is 17.3 Å². The summed E-state index contributed by atoms with van der Waals surface area (Å²) in [5.41, 5.74) is 5.08. The van der Waals surface area contributed by atoms with Crippen molar-refractivity contribution in [2.24, 2.45) is 0 Å². The van der Waals surface area contributed by atoms with Crippen LogP contribution in [0.2, 0.25) is 5.02 Å². The predicted molar refractivity (Wildman–Crippen MR) is 142 cm³/mol. The Morgan fingerprint density at radius 3 is 2.66 bits per heavy atom. The van der Waals surface area contributed by atoms with Crippen LogP contribution in [0, 0.1) is 6.92 Å². The number of amides is 1. The Kier molecular flexibility index (Phi) is 8.37.